The van der Waals surface area contributed by atoms with Crippen molar-refractivity contribution >= 4 is 39.5 Å². The number of aliphatic hydroxyl groups is 1. The predicted molar refractivity (Wildman–Crippen MR) is 418 cm³/mol. The Morgan fingerprint density at radius 3 is 0.745 bits per heavy atom. The molecule has 0 aromatic carbocycles. The van der Waals surface area contributed by atoms with Crippen molar-refractivity contribution < 1.29 is 80.2 Å². The third-order valence-electron chi connectivity index (χ3n) is 19.8. The van der Waals surface area contributed by atoms with Crippen LogP contribution in [0.25, 0.3) is 0 Å². The molecule has 0 rings (SSSR count). The van der Waals surface area contributed by atoms with Crippen LogP contribution in [0, 0.1) is 11.8 Å². The van der Waals surface area contributed by atoms with Crippen molar-refractivity contribution in [2.24, 2.45) is 11.8 Å². The molecule has 606 valence electrons. The van der Waals surface area contributed by atoms with E-state index in [0.29, 0.717) is 25.7 Å². The van der Waals surface area contributed by atoms with Gasteiger partial charge in [0.15, 0.2) is 12.2 Å². The van der Waals surface area contributed by atoms with E-state index in [1.165, 1.54) is 257 Å². The van der Waals surface area contributed by atoms with Gasteiger partial charge in [-0.3, -0.25) is 37.3 Å². The van der Waals surface area contributed by atoms with Crippen LogP contribution in [0.1, 0.15) is 440 Å². The second-order valence-corrected chi connectivity index (χ2v) is 33.5. The lowest BCUT2D eigenvalue weighted by Crippen LogP contribution is -2.30. The quantitative estimate of drug-likeness (QED) is 0.0222. The SMILES string of the molecule is CCCCCCCCCCCCCCCCCCCCC(=O)OC[C@H](COP(=O)(O)OC[C@@H](O)COP(=O)(O)OC[C@@H](COC(=O)CCCCCCCCCCCCC)OC(=O)CCCCCCCCCCC(C)C)OC(=O)CCCCCCCCCCCCCCCCCCCCC(C)CC. The van der Waals surface area contributed by atoms with Crippen molar-refractivity contribution in [1.29, 1.82) is 0 Å². The third-order valence-corrected chi connectivity index (χ3v) is 21.7. The number of hydrogen-bond donors (Lipinski definition) is 3. The van der Waals surface area contributed by atoms with Crippen molar-refractivity contribution in [3.63, 3.8) is 0 Å². The Morgan fingerprint density at radius 1 is 0.284 bits per heavy atom. The first-order valence-electron chi connectivity index (χ1n) is 43.0. The monoisotopic (exact) mass is 1490 g/mol. The van der Waals surface area contributed by atoms with E-state index in [9.17, 15) is 43.2 Å². The summed E-state index contributed by atoms with van der Waals surface area (Å²) in [6.45, 7) is 9.67. The molecule has 3 unspecified atom stereocenters. The van der Waals surface area contributed by atoms with Crippen LogP contribution in [-0.2, 0) is 65.4 Å². The van der Waals surface area contributed by atoms with Crippen molar-refractivity contribution in [2.75, 3.05) is 39.6 Å². The molecule has 0 heterocycles. The predicted octanol–water partition coefficient (Wildman–Crippen LogP) is 25.1. The van der Waals surface area contributed by atoms with Gasteiger partial charge in [0.25, 0.3) is 0 Å². The fourth-order valence-electron chi connectivity index (χ4n) is 12.9. The second-order valence-electron chi connectivity index (χ2n) is 30.6. The van der Waals surface area contributed by atoms with E-state index < -0.39 is 97.5 Å². The van der Waals surface area contributed by atoms with Gasteiger partial charge in [0.1, 0.15) is 19.3 Å². The number of carbonyl (C=O) groups is 4. The zero-order valence-electron chi connectivity index (χ0n) is 66.9. The first-order valence-corrected chi connectivity index (χ1v) is 46.0. The molecule has 0 amide bonds. The maximum absolute atomic E-state index is 13.1. The Kier molecular flexibility index (Phi) is 73.1. The smallest absolute Gasteiger partial charge is 0.462 e. The van der Waals surface area contributed by atoms with E-state index in [1.807, 2.05) is 0 Å². The fraction of sp³-hybridized carbons (Fsp3) is 0.952. The van der Waals surface area contributed by atoms with Gasteiger partial charge >= 0.3 is 39.5 Å². The number of unbranched alkanes of at least 4 members (excludes halogenated alkanes) is 51. The van der Waals surface area contributed by atoms with Gasteiger partial charge in [0, 0.05) is 25.7 Å². The van der Waals surface area contributed by atoms with Crippen LogP contribution in [0.3, 0.4) is 0 Å². The van der Waals surface area contributed by atoms with E-state index in [2.05, 4.69) is 41.5 Å². The van der Waals surface area contributed by atoms with E-state index in [4.69, 9.17) is 37.0 Å². The number of hydrogen-bond acceptors (Lipinski definition) is 15. The normalized spacial score (nSPS) is 14.1. The highest BCUT2D eigenvalue weighted by atomic mass is 31.2. The highest BCUT2D eigenvalue weighted by Crippen LogP contribution is 2.45. The lowest BCUT2D eigenvalue weighted by atomic mass is 9.99. The molecule has 6 atom stereocenters. The molecule has 0 aliphatic heterocycles. The Balaban J connectivity index is 5.20. The number of aliphatic hydroxyl groups excluding tert-OH is 1. The number of ether oxygens (including phenoxy) is 4. The van der Waals surface area contributed by atoms with Crippen LogP contribution in [0.15, 0.2) is 0 Å². The largest absolute Gasteiger partial charge is 0.472 e. The van der Waals surface area contributed by atoms with E-state index >= 15 is 0 Å². The van der Waals surface area contributed by atoms with Crippen molar-refractivity contribution in [2.45, 2.75) is 458 Å². The molecule has 0 radical (unpaired) electrons. The molecule has 0 aromatic heterocycles. The molecule has 0 aromatic rings. The van der Waals surface area contributed by atoms with Crippen LogP contribution in [0.5, 0.6) is 0 Å². The molecule has 0 saturated heterocycles. The van der Waals surface area contributed by atoms with Crippen molar-refractivity contribution in [3.05, 3.63) is 0 Å². The zero-order chi connectivity index (χ0) is 74.9. The number of esters is 4. The summed E-state index contributed by atoms with van der Waals surface area (Å²) in [6, 6.07) is 0. The molecule has 0 bridgehead atoms. The van der Waals surface area contributed by atoms with Crippen molar-refractivity contribution in [1.82, 2.24) is 0 Å². The van der Waals surface area contributed by atoms with E-state index in [-0.39, 0.29) is 25.7 Å². The Hall–Kier alpha value is -1.94. The summed E-state index contributed by atoms with van der Waals surface area (Å²) in [6.07, 6.45) is 65.3. The Morgan fingerprint density at radius 2 is 0.500 bits per heavy atom. The van der Waals surface area contributed by atoms with Gasteiger partial charge in [-0.05, 0) is 37.5 Å². The summed E-state index contributed by atoms with van der Waals surface area (Å²) in [4.78, 5) is 73.0. The van der Waals surface area contributed by atoms with Gasteiger partial charge in [-0.2, -0.15) is 0 Å². The number of carbonyl (C=O) groups excluding carboxylic acids is 4. The first kappa shape index (κ1) is 100. The van der Waals surface area contributed by atoms with Crippen LogP contribution in [-0.4, -0.2) is 96.7 Å². The maximum Gasteiger partial charge on any atom is 0.472 e. The first-order chi connectivity index (χ1) is 49.4. The molecule has 0 fully saturated rings. The molecular weight excluding hydrogens is 1330 g/mol. The highest BCUT2D eigenvalue weighted by molar-refractivity contribution is 7.47. The van der Waals surface area contributed by atoms with Gasteiger partial charge in [-0.15, -0.1) is 0 Å². The summed E-state index contributed by atoms with van der Waals surface area (Å²) in [5.41, 5.74) is 0. The van der Waals surface area contributed by atoms with E-state index in [0.717, 1.165) is 102 Å². The molecule has 0 aliphatic carbocycles. The summed E-state index contributed by atoms with van der Waals surface area (Å²) >= 11 is 0. The lowest BCUT2D eigenvalue weighted by molar-refractivity contribution is -0.161. The summed E-state index contributed by atoms with van der Waals surface area (Å²) in [7, 11) is -9.92. The topological polar surface area (TPSA) is 237 Å². The molecule has 0 aliphatic rings. The summed E-state index contributed by atoms with van der Waals surface area (Å²) < 4.78 is 68.7. The summed E-state index contributed by atoms with van der Waals surface area (Å²) in [5.74, 6) is -0.518. The fourth-order valence-corrected chi connectivity index (χ4v) is 14.4. The molecule has 0 saturated carbocycles. The molecule has 17 nitrogen and oxygen atoms in total. The number of rotatable bonds is 82. The lowest BCUT2D eigenvalue weighted by Gasteiger charge is -2.21. The average Bonchev–Trinajstić information content (AvgIpc) is 0.952. The van der Waals surface area contributed by atoms with Gasteiger partial charge in [-0.25, -0.2) is 9.13 Å². The summed E-state index contributed by atoms with van der Waals surface area (Å²) in [5, 5.41) is 10.6. The molecule has 19 heteroatoms. The van der Waals surface area contributed by atoms with Gasteiger partial charge in [-0.1, -0.05) is 388 Å². The Labute approximate surface area is 626 Å². The molecule has 3 N–H and O–H groups in total. The molecular formula is C83H162O17P2. The Bertz CT molecular complexity index is 1960. The minimum Gasteiger partial charge on any atom is -0.462 e. The van der Waals surface area contributed by atoms with Gasteiger partial charge < -0.3 is 33.8 Å². The number of phosphoric acid groups is 2. The van der Waals surface area contributed by atoms with Crippen LogP contribution in [0.2, 0.25) is 0 Å². The standard InChI is InChI=1S/C83H162O17P2/c1-7-10-12-14-16-18-20-21-22-23-27-30-33-37-41-48-54-60-66-81(86)94-71-78(99-82(87)67-61-55-49-42-38-34-31-28-25-24-26-29-32-36-39-46-52-58-64-76(6)9-3)73-97-101(89,90)95-69-77(84)70-96-102(91,92)98-74-79(100-83(88)68-62-56-50-44-43-45-51-57-63-75(4)5)72-93-80(85)65-59-53-47-40-35-19-17-15-13-11-8-2/h75-79,84H,7-74H2,1-6H3,(H,89,90)(H,91,92)/t76?,77-,78-,79-/m1/s1. The van der Waals surface area contributed by atoms with E-state index in [1.54, 1.807) is 0 Å². The second kappa shape index (κ2) is 74.5. The number of phosphoric ester groups is 2. The average molecular weight is 1490 g/mol. The maximum atomic E-state index is 13.1. The van der Waals surface area contributed by atoms with Crippen LogP contribution < -0.4 is 0 Å². The minimum atomic E-state index is -4.96. The van der Waals surface area contributed by atoms with Crippen LogP contribution >= 0.6 is 15.6 Å². The molecule has 102 heavy (non-hydrogen) atoms. The third kappa shape index (κ3) is 74.9. The minimum absolute atomic E-state index is 0.105. The van der Waals surface area contributed by atoms with Gasteiger partial charge in [0.2, 0.25) is 0 Å². The molecule has 0 spiro atoms. The zero-order valence-corrected chi connectivity index (χ0v) is 68.7. The van der Waals surface area contributed by atoms with Crippen LogP contribution in [0.4, 0.5) is 0 Å². The highest BCUT2D eigenvalue weighted by Gasteiger charge is 2.30. The van der Waals surface area contributed by atoms with Gasteiger partial charge in [0.05, 0.1) is 26.4 Å². The van der Waals surface area contributed by atoms with Crippen molar-refractivity contribution in [3.8, 4) is 0 Å².